The van der Waals surface area contributed by atoms with Crippen LogP contribution in [-0.4, -0.2) is 35.2 Å². The van der Waals surface area contributed by atoms with Crippen molar-refractivity contribution < 1.29 is 9.90 Å². The van der Waals surface area contributed by atoms with E-state index in [0.717, 1.165) is 19.3 Å². The molecule has 0 unspecified atom stereocenters. The molecule has 0 spiro atoms. The molecule has 0 bridgehead atoms. The number of rotatable bonds is 4. The highest BCUT2D eigenvalue weighted by atomic mass is 16.3. The average Bonchev–Trinajstić information content (AvgIpc) is 1.99. The summed E-state index contributed by atoms with van der Waals surface area (Å²) in [5, 5.41) is 15.2. The van der Waals surface area contributed by atoms with E-state index >= 15 is 0 Å². The number of amides is 1. The number of hydrogen-bond donors (Lipinski definition) is 3. The number of carbonyl (C=O) groups excluding carboxylic acids is 1. The van der Waals surface area contributed by atoms with Crippen LogP contribution in [0.4, 0.5) is 0 Å². The highest BCUT2D eigenvalue weighted by Gasteiger charge is 2.36. The molecule has 1 aliphatic rings. The van der Waals surface area contributed by atoms with Crippen LogP contribution in [0.1, 0.15) is 40.0 Å². The molecule has 1 rings (SSSR count). The molecule has 0 saturated heterocycles. The van der Waals surface area contributed by atoms with Crippen LogP contribution in [0.15, 0.2) is 0 Å². The lowest BCUT2D eigenvalue weighted by atomic mass is 9.77. The van der Waals surface area contributed by atoms with Gasteiger partial charge in [0.25, 0.3) is 0 Å². The number of aliphatic hydroxyl groups excluding tert-OH is 1. The largest absolute Gasteiger partial charge is 0.394 e. The number of aliphatic hydroxyl groups is 1. The maximum atomic E-state index is 11.5. The fraction of sp³-hybridized carbons (Fsp3) is 0.909. The van der Waals surface area contributed by atoms with Gasteiger partial charge >= 0.3 is 0 Å². The Morgan fingerprint density at radius 1 is 1.40 bits per heavy atom. The molecule has 1 aliphatic carbocycles. The lowest BCUT2D eigenvalue weighted by Crippen LogP contribution is -2.57. The van der Waals surface area contributed by atoms with E-state index in [2.05, 4.69) is 10.6 Å². The Morgan fingerprint density at radius 2 is 2.00 bits per heavy atom. The van der Waals surface area contributed by atoms with E-state index in [-0.39, 0.29) is 30.1 Å². The lowest BCUT2D eigenvalue weighted by molar-refractivity contribution is -0.122. The maximum Gasteiger partial charge on any atom is 0.234 e. The summed E-state index contributed by atoms with van der Waals surface area (Å²) in [5.41, 5.74) is -0.375. The molecule has 0 aromatic carbocycles. The summed E-state index contributed by atoms with van der Waals surface area (Å²) in [4.78, 5) is 11.5. The zero-order valence-electron chi connectivity index (χ0n) is 9.89. The third-order valence-corrected chi connectivity index (χ3v) is 2.75. The molecule has 0 heterocycles. The molecule has 0 radical (unpaired) electrons. The van der Waals surface area contributed by atoms with Crippen molar-refractivity contribution in [2.24, 2.45) is 0 Å². The molecule has 0 aliphatic heterocycles. The van der Waals surface area contributed by atoms with E-state index in [0.29, 0.717) is 0 Å². The van der Waals surface area contributed by atoms with Crippen LogP contribution < -0.4 is 10.6 Å². The normalized spacial score (nSPS) is 19.5. The van der Waals surface area contributed by atoms with Crippen molar-refractivity contribution in [1.29, 1.82) is 0 Å². The zero-order valence-corrected chi connectivity index (χ0v) is 9.89. The van der Waals surface area contributed by atoms with Gasteiger partial charge in [0.1, 0.15) is 0 Å². The van der Waals surface area contributed by atoms with Gasteiger partial charge in [0, 0.05) is 11.1 Å². The molecule has 0 aromatic heterocycles. The van der Waals surface area contributed by atoms with Crippen LogP contribution in [-0.2, 0) is 4.79 Å². The minimum absolute atomic E-state index is 0.0118. The van der Waals surface area contributed by atoms with E-state index in [1.165, 1.54) is 0 Å². The quantitative estimate of drug-likeness (QED) is 0.635. The second-order valence-corrected chi connectivity index (χ2v) is 5.44. The lowest BCUT2D eigenvalue weighted by Gasteiger charge is -2.41. The molecule has 0 atom stereocenters. The monoisotopic (exact) mass is 214 g/mol. The summed E-state index contributed by atoms with van der Waals surface area (Å²) in [6, 6.07) is 0. The molecule has 4 heteroatoms. The van der Waals surface area contributed by atoms with Gasteiger partial charge in [-0.25, -0.2) is 0 Å². The summed E-state index contributed by atoms with van der Waals surface area (Å²) in [6.45, 7) is 6.27. The van der Waals surface area contributed by atoms with Crippen molar-refractivity contribution in [1.82, 2.24) is 10.6 Å². The smallest absolute Gasteiger partial charge is 0.234 e. The van der Waals surface area contributed by atoms with Crippen LogP contribution in [0.5, 0.6) is 0 Å². The Hall–Kier alpha value is -0.610. The Kier molecular flexibility index (Phi) is 3.73. The second kappa shape index (κ2) is 4.49. The summed E-state index contributed by atoms with van der Waals surface area (Å²) >= 11 is 0. The van der Waals surface area contributed by atoms with Gasteiger partial charge in [0.15, 0.2) is 0 Å². The fourth-order valence-electron chi connectivity index (χ4n) is 1.72. The van der Waals surface area contributed by atoms with Crippen molar-refractivity contribution >= 4 is 5.91 Å². The first-order valence-electron chi connectivity index (χ1n) is 5.54. The molecule has 1 fully saturated rings. The van der Waals surface area contributed by atoms with Crippen LogP contribution in [0, 0.1) is 0 Å². The van der Waals surface area contributed by atoms with Gasteiger partial charge < -0.3 is 15.7 Å². The standard InChI is InChI=1S/C11H22N2O2/c1-10(2,3)13-9(15)7-12-11(8-14)5-4-6-11/h12,14H,4-8H2,1-3H3,(H,13,15). The van der Waals surface area contributed by atoms with E-state index in [1.807, 2.05) is 20.8 Å². The van der Waals surface area contributed by atoms with Gasteiger partial charge in [-0.15, -0.1) is 0 Å². The number of hydrogen-bond acceptors (Lipinski definition) is 3. The van der Waals surface area contributed by atoms with Crippen molar-refractivity contribution in [3.8, 4) is 0 Å². The number of nitrogens with one attached hydrogen (secondary N) is 2. The van der Waals surface area contributed by atoms with Gasteiger partial charge in [0.05, 0.1) is 13.2 Å². The zero-order chi connectivity index (χ0) is 11.5. The number of carbonyl (C=O) groups is 1. The van der Waals surface area contributed by atoms with Crippen molar-refractivity contribution in [3.63, 3.8) is 0 Å². The molecule has 1 saturated carbocycles. The van der Waals surface area contributed by atoms with Crippen molar-refractivity contribution in [3.05, 3.63) is 0 Å². The molecule has 15 heavy (non-hydrogen) atoms. The average molecular weight is 214 g/mol. The predicted octanol–water partition coefficient (Wildman–Crippen LogP) is 0.406. The minimum Gasteiger partial charge on any atom is -0.394 e. The second-order valence-electron chi connectivity index (χ2n) is 5.44. The molecule has 3 N–H and O–H groups in total. The van der Waals surface area contributed by atoms with E-state index in [1.54, 1.807) is 0 Å². The third-order valence-electron chi connectivity index (χ3n) is 2.75. The van der Waals surface area contributed by atoms with Crippen LogP contribution >= 0.6 is 0 Å². The molecule has 1 amide bonds. The van der Waals surface area contributed by atoms with Gasteiger partial charge in [-0.1, -0.05) is 0 Å². The van der Waals surface area contributed by atoms with Crippen molar-refractivity contribution in [2.75, 3.05) is 13.2 Å². The first-order valence-corrected chi connectivity index (χ1v) is 5.54. The summed E-state index contributed by atoms with van der Waals surface area (Å²) in [5.74, 6) is -0.0118. The summed E-state index contributed by atoms with van der Waals surface area (Å²) in [7, 11) is 0. The highest BCUT2D eigenvalue weighted by Crippen LogP contribution is 2.30. The van der Waals surface area contributed by atoms with Gasteiger partial charge in [0.2, 0.25) is 5.91 Å². The first kappa shape index (κ1) is 12.5. The highest BCUT2D eigenvalue weighted by molar-refractivity contribution is 5.78. The van der Waals surface area contributed by atoms with E-state index < -0.39 is 0 Å². The van der Waals surface area contributed by atoms with Gasteiger partial charge in [-0.3, -0.25) is 4.79 Å². The predicted molar refractivity (Wildman–Crippen MR) is 59.6 cm³/mol. The van der Waals surface area contributed by atoms with E-state index in [9.17, 15) is 9.90 Å². The molecular formula is C11H22N2O2. The molecule has 4 nitrogen and oxygen atoms in total. The van der Waals surface area contributed by atoms with Crippen LogP contribution in [0.2, 0.25) is 0 Å². The molecular weight excluding hydrogens is 192 g/mol. The Balaban J connectivity index is 2.27. The Labute approximate surface area is 91.4 Å². The van der Waals surface area contributed by atoms with E-state index in [4.69, 9.17) is 0 Å². The van der Waals surface area contributed by atoms with Gasteiger partial charge in [-0.05, 0) is 40.0 Å². The van der Waals surface area contributed by atoms with Crippen LogP contribution in [0.25, 0.3) is 0 Å². The molecule has 88 valence electrons. The fourth-order valence-corrected chi connectivity index (χ4v) is 1.72. The summed E-state index contributed by atoms with van der Waals surface area (Å²) in [6.07, 6.45) is 3.06. The third kappa shape index (κ3) is 3.80. The van der Waals surface area contributed by atoms with Crippen LogP contribution in [0.3, 0.4) is 0 Å². The Bertz CT molecular complexity index is 224. The topological polar surface area (TPSA) is 61.4 Å². The molecule has 0 aromatic rings. The maximum absolute atomic E-state index is 11.5. The summed E-state index contributed by atoms with van der Waals surface area (Å²) < 4.78 is 0. The Morgan fingerprint density at radius 3 is 2.33 bits per heavy atom. The SMILES string of the molecule is CC(C)(C)NC(=O)CNC1(CO)CCC1. The first-order chi connectivity index (χ1) is 6.87. The minimum atomic E-state index is -0.190. The van der Waals surface area contributed by atoms with Gasteiger partial charge in [-0.2, -0.15) is 0 Å². The van der Waals surface area contributed by atoms with Crippen molar-refractivity contribution in [2.45, 2.75) is 51.1 Å².